The van der Waals surface area contributed by atoms with Crippen LogP contribution in [-0.4, -0.2) is 18.2 Å². The Bertz CT molecular complexity index is 230. The molecule has 2 unspecified atom stereocenters. The minimum absolute atomic E-state index is 0.0434. The van der Waals surface area contributed by atoms with Gasteiger partial charge in [0.15, 0.2) is 0 Å². The van der Waals surface area contributed by atoms with Gasteiger partial charge in [-0.05, 0) is 50.9 Å². The Labute approximate surface area is 105 Å². The zero-order valence-electron chi connectivity index (χ0n) is 11.4. The summed E-state index contributed by atoms with van der Waals surface area (Å²) >= 11 is 0. The lowest BCUT2D eigenvalue weighted by Gasteiger charge is -2.45. The van der Waals surface area contributed by atoms with Gasteiger partial charge >= 0.3 is 0 Å². The quantitative estimate of drug-likeness (QED) is 0.589. The highest BCUT2D eigenvalue weighted by Gasteiger charge is 2.41. The highest BCUT2D eigenvalue weighted by atomic mass is 16.5. The molecule has 2 aliphatic rings. The van der Waals surface area contributed by atoms with Gasteiger partial charge in [0, 0.05) is 6.61 Å². The maximum absolute atomic E-state index is 6.06. The van der Waals surface area contributed by atoms with Crippen molar-refractivity contribution in [2.24, 2.45) is 17.7 Å². The van der Waals surface area contributed by atoms with Crippen molar-refractivity contribution in [2.45, 2.75) is 70.4 Å². The van der Waals surface area contributed by atoms with Crippen LogP contribution in [0, 0.1) is 11.8 Å². The molecule has 100 valence electrons. The average molecular weight is 240 g/mol. The first-order valence-electron chi connectivity index (χ1n) is 7.26. The Morgan fingerprint density at radius 3 is 2.47 bits per heavy atom. The summed E-state index contributed by atoms with van der Waals surface area (Å²) in [5, 5.41) is 0. The lowest BCUT2D eigenvalue weighted by molar-refractivity contribution is -0.104. The number of rotatable bonds is 3. The summed E-state index contributed by atoms with van der Waals surface area (Å²) < 4.78 is 6.06. The monoisotopic (exact) mass is 240 g/mol. The predicted molar refractivity (Wildman–Crippen MR) is 70.4 cm³/mol. The fourth-order valence-corrected chi connectivity index (χ4v) is 3.63. The lowest BCUT2D eigenvalue weighted by Crippen LogP contribution is -2.58. The van der Waals surface area contributed by atoms with Crippen molar-refractivity contribution in [2.75, 3.05) is 6.61 Å². The van der Waals surface area contributed by atoms with Gasteiger partial charge in [0.25, 0.3) is 0 Å². The van der Waals surface area contributed by atoms with Gasteiger partial charge in [-0.25, -0.2) is 0 Å². The van der Waals surface area contributed by atoms with E-state index < -0.39 is 0 Å². The first-order chi connectivity index (χ1) is 8.15. The number of hydrogen-bond donors (Lipinski definition) is 2. The highest BCUT2D eigenvalue weighted by molar-refractivity contribution is 4.95. The normalized spacial score (nSPS) is 41.1. The van der Waals surface area contributed by atoms with Gasteiger partial charge in [-0.15, -0.1) is 0 Å². The second kappa shape index (κ2) is 5.68. The molecule has 3 nitrogen and oxygen atoms in total. The smallest absolute Gasteiger partial charge is 0.0822 e. The minimum atomic E-state index is -0.0434. The molecule has 1 aliphatic heterocycles. The van der Waals surface area contributed by atoms with Crippen molar-refractivity contribution < 1.29 is 4.74 Å². The van der Waals surface area contributed by atoms with Crippen LogP contribution >= 0.6 is 0 Å². The van der Waals surface area contributed by atoms with Crippen molar-refractivity contribution in [1.29, 1.82) is 0 Å². The molecule has 1 saturated carbocycles. The molecule has 1 aliphatic carbocycles. The number of nitrogens with one attached hydrogen (secondary N) is 1. The maximum Gasteiger partial charge on any atom is 0.0822 e. The molecule has 3 N–H and O–H groups in total. The van der Waals surface area contributed by atoms with Gasteiger partial charge in [-0.2, -0.15) is 0 Å². The van der Waals surface area contributed by atoms with Crippen molar-refractivity contribution >= 4 is 0 Å². The minimum Gasteiger partial charge on any atom is -0.374 e. The van der Waals surface area contributed by atoms with E-state index in [-0.39, 0.29) is 5.60 Å². The van der Waals surface area contributed by atoms with Crippen molar-refractivity contribution in [3.63, 3.8) is 0 Å². The van der Waals surface area contributed by atoms with E-state index >= 15 is 0 Å². The van der Waals surface area contributed by atoms with Crippen LogP contribution in [0.4, 0.5) is 0 Å². The van der Waals surface area contributed by atoms with Gasteiger partial charge in [0.05, 0.1) is 11.6 Å². The molecule has 0 amide bonds. The fourth-order valence-electron chi connectivity index (χ4n) is 3.63. The Kier molecular flexibility index (Phi) is 4.45. The molecule has 2 atom stereocenters. The Morgan fingerprint density at radius 1 is 1.24 bits per heavy atom. The Morgan fingerprint density at radius 2 is 1.94 bits per heavy atom. The SMILES string of the molecule is CC1CCC(C(NN)C2(C)CCCCO2)CC1. The number of nitrogens with two attached hydrogens (primary N) is 1. The molecule has 1 saturated heterocycles. The Balaban J connectivity index is 1.99. The molecule has 0 bridgehead atoms. The molecule has 0 spiro atoms. The van der Waals surface area contributed by atoms with Crippen molar-refractivity contribution in [1.82, 2.24) is 5.43 Å². The van der Waals surface area contributed by atoms with Crippen LogP contribution in [0.1, 0.15) is 58.8 Å². The molecule has 2 fully saturated rings. The molecule has 17 heavy (non-hydrogen) atoms. The summed E-state index contributed by atoms with van der Waals surface area (Å²) in [6.07, 6.45) is 8.92. The molecular formula is C14H28N2O. The van der Waals surface area contributed by atoms with Crippen LogP contribution in [0.5, 0.6) is 0 Å². The van der Waals surface area contributed by atoms with Gasteiger partial charge in [-0.1, -0.05) is 19.8 Å². The van der Waals surface area contributed by atoms with Gasteiger partial charge < -0.3 is 4.74 Å². The second-order valence-corrected chi connectivity index (χ2v) is 6.28. The third-order valence-corrected chi connectivity index (χ3v) is 4.87. The maximum atomic E-state index is 6.06. The molecule has 0 aromatic rings. The zero-order valence-corrected chi connectivity index (χ0v) is 11.4. The molecular weight excluding hydrogens is 212 g/mol. The lowest BCUT2D eigenvalue weighted by atomic mass is 9.73. The summed E-state index contributed by atoms with van der Waals surface area (Å²) in [5.74, 6) is 7.41. The molecule has 2 rings (SSSR count). The van der Waals surface area contributed by atoms with E-state index in [1.807, 2.05) is 0 Å². The predicted octanol–water partition coefficient (Wildman–Crippen LogP) is 2.60. The van der Waals surface area contributed by atoms with Gasteiger partial charge in [-0.3, -0.25) is 11.3 Å². The number of hydrazine groups is 1. The summed E-state index contributed by atoms with van der Waals surface area (Å²) in [5.41, 5.74) is 3.03. The fraction of sp³-hybridized carbons (Fsp3) is 1.00. The van der Waals surface area contributed by atoms with Crippen LogP contribution in [0.3, 0.4) is 0 Å². The first-order valence-corrected chi connectivity index (χ1v) is 7.26. The average Bonchev–Trinajstić information content (AvgIpc) is 2.33. The zero-order chi connectivity index (χ0) is 12.3. The largest absolute Gasteiger partial charge is 0.374 e. The van der Waals surface area contributed by atoms with E-state index in [9.17, 15) is 0 Å². The summed E-state index contributed by atoms with van der Waals surface area (Å²) in [6.45, 7) is 5.51. The number of hydrogen-bond acceptors (Lipinski definition) is 3. The van der Waals surface area contributed by atoms with E-state index in [2.05, 4.69) is 19.3 Å². The third-order valence-electron chi connectivity index (χ3n) is 4.87. The van der Waals surface area contributed by atoms with E-state index in [0.29, 0.717) is 12.0 Å². The molecule has 0 aromatic heterocycles. The molecule has 0 aromatic carbocycles. The number of ether oxygens (including phenoxy) is 1. The van der Waals surface area contributed by atoms with E-state index in [1.54, 1.807) is 0 Å². The highest BCUT2D eigenvalue weighted by Crippen LogP contribution is 2.38. The van der Waals surface area contributed by atoms with Crippen molar-refractivity contribution in [3.05, 3.63) is 0 Å². The molecule has 3 heteroatoms. The first kappa shape index (κ1) is 13.3. The summed E-state index contributed by atoms with van der Waals surface area (Å²) in [4.78, 5) is 0. The third kappa shape index (κ3) is 3.01. The van der Waals surface area contributed by atoms with Gasteiger partial charge in [0.2, 0.25) is 0 Å². The van der Waals surface area contributed by atoms with Crippen LogP contribution in [0.25, 0.3) is 0 Å². The van der Waals surface area contributed by atoms with Gasteiger partial charge in [0.1, 0.15) is 0 Å². The topological polar surface area (TPSA) is 47.3 Å². The standard InChI is InChI=1S/C14H28N2O/c1-11-5-7-12(8-6-11)13(16-15)14(2)9-3-4-10-17-14/h11-13,16H,3-10,15H2,1-2H3. The van der Waals surface area contributed by atoms with Crippen LogP contribution in [0.15, 0.2) is 0 Å². The molecule has 1 heterocycles. The van der Waals surface area contributed by atoms with E-state index in [1.165, 1.54) is 38.5 Å². The van der Waals surface area contributed by atoms with Crippen LogP contribution in [0.2, 0.25) is 0 Å². The summed E-state index contributed by atoms with van der Waals surface area (Å²) in [7, 11) is 0. The van der Waals surface area contributed by atoms with Crippen molar-refractivity contribution in [3.8, 4) is 0 Å². The summed E-state index contributed by atoms with van der Waals surface area (Å²) in [6, 6.07) is 0.329. The Hall–Kier alpha value is -0.120. The van der Waals surface area contributed by atoms with Crippen LogP contribution in [-0.2, 0) is 4.74 Å². The molecule has 0 radical (unpaired) electrons. The second-order valence-electron chi connectivity index (χ2n) is 6.28. The van der Waals surface area contributed by atoms with E-state index in [0.717, 1.165) is 18.9 Å². The van der Waals surface area contributed by atoms with Crippen LogP contribution < -0.4 is 11.3 Å². The van der Waals surface area contributed by atoms with E-state index in [4.69, 9.17) is 10.6 Å².